The van der Waals surface area contributed by atoms with Gasteiger partial charge in [0.2, 0.25) is 5.91 Å². The monoisotopic (exact) mass is 353 g/mol. The van der Waals surface area contributed by atoms with E-state index >= 15 is 0 Å². The summed E-state index contributed by atoms with van der Waals surface area (Å²) >= 11 is 0. The van der Waals surface area contributed by atoms with Gasteiger partial charge in [-0.15, -0.1) is 0 Å². The Hall–Kier alpha value is -2.83. The molecule has 0 unspecified atom stereocenters. The first-order valence-electron chi connectivity index (χ1n) is 9.13. The van der Waals surface area contributed by atoms with Crippen LogP contribution in [0.1, 0.15) is 43.9 Å². The number of carbonyl (C=O) groups is 1. The molecule has 1 amide bonds. The van der Waals surface area contributed by atoms with Crippen LogP contribution in [0.25, 0.3) is 11.0 Å². The summed E-state index contributed by atoms with van der Waals surface area (Å²) in [5.41, 5.74) is 2.98. The summed E-state index contributed by atoms with van der Waals surface area (Å²) in [4.78, 5) is 16.5. The first-order valence-corrected chi connectivity index (χ1v) is 9.13. The molecule has 1 aliphatic carbocycles. The molecule has 4 rings (SSSR count). The third kappa shape index (κ3) is 3.56. The van der Waals surface area contributed by atoms with E-state index < -0.39 is 0 Å². The second-order valence-electron chi connectivity index (χ2n) is 6.87. The number of nitrogens with zero attached hydrogens (tertiary/aromatic N) is 3. The van der Waals surface area contributed by atoms with Crippen LogP contribution in [0.5, 0.6) is 0 Å². The Bertz CT molecular complexity index is 908. The highest BCUT2D eigenvalue weighted by atomic mass is 16.5. The van der Waals surface area contributed by atoms with Crippen molar-refractivity contribution in [1.82, 2.24) is 14.7 Å². The van der Waals surface area contributed by atoms with Gasteiger partial charge in [-0.25, -0.2) is 4.98 Å². The van der Waals surface area contributed by atoms with Crippen LogP contribution in [0.15, 0.2) is 35.1 Å². The fourth-order valence-electron chi connectivity index (χ4n) is 3.59. The van der Waals surface area contributed by atoms with Crippen LogP contribution in [0.3, 0.4) is 0 Å². The molecule has 0 aliphatic heterocycles. The minimum atomic E-state index is -0.175. The highest BCUT2D eigenvalue weighted by Crippen LogP contribution is 2.31. The normalized spacial score (nSPS) is 15.3. The fraction of sp³-hybridized carbons (Fsp3) is 0.421. The highest BCUT2D eigenvalue weighted by molar-refractivity contribution is 5.93. The maximum absolute atomic E-state index is 12.0. The van der Waals surface area contributed by atoms with Gasteiger partial charge in [0.15, 0.2) is 5.82 Å². The van der Waals surface area contributed by atoms with Crippen LogP contribution in [-0.4, -0.2) is 27.2 Å². The Kier molecular flexibility index (Phi) is 4.60. The largest absolute Gasteiger partial charge is 0.376 e. The standard InChI is InChI=1S/C19H23N5O2/c1-13-9-18(23-26-13)22-19(25)11-20-14-7-8-17-16(10-14)21-12-24(17)15-5-3-2-4-6-15/h7-10,12,15,20H,2-6,11H2,1H3,(H,22,23,25). The first kappa shape index (κ1) is 16.6. The number of hydrogen-bond donors (Lipinski definition) is 2. The second kappa shape index (κ2) is 7.19. The number of rotatable bonds is 5. The Morgan fingerprint density at radius 1 is 1.27 bits per heavy atom. The lowest BCUT2D eigenvalue weighted by molar-refractivity contribution is -0.114. The van der Waals surface area contributed by atoms with Gasteiger partial charge in [-0.1, -0.05) is 24.4 Å². The van der Waals surface area contributed by atoms with Crippen molar-refractivity contribution in [1.29, 1.82) is 0 Å². The van der Waals surface area contributed by atoms with Gasteiger partial charge < -0.3 is 19.7 Å². The van der Waals surface area contributed by atoms with Crippen LogP contribution in [0.4, 0.5) is 11.5 Å². The van der Waals surface area contributed by atoms with E-state index in [1.807, 2.05) is 18.5 Å². The molecule has 0 radical (unpaired) electrons. The zero-order chi connectivity index (χ0) is 17.9. The highest BCUT2D eigenvalue weighted by Gasteiger charge is 2.17. The predicted molar refractivity (Wildman–Crippen MR) is 100 cm³/mol. The predicted octanol–water partition coefficient (Wildman–Crippen LogP) is 3.89. The molecule has 1 fully saturated rings. The van der Waals surface area contributed by atoms with Gasteiger partial charge in [0, 0.05) is 17.8 Å². The van der Waals surface area contributed by atoms with Gasteiger partial charge in [0.25, 0.3) is 0 Å². The quantitative estimate of drug-likeness (QED) is 0.727. The molecule has 1 aliphatic rings. The molecule has 0 atom stereocenters. The molecule has 3 aromatic rings. The number of imidazole rings is 1. The maximum Gasteiger partial charge on any atom is 0.244 e. The summed E-state index contributed by atoms with van der Waals surface area (Å²) in [6.45, 7) is 1.93. The van der Waals surface area contributed by atoms with Crippen LogP contribution >= 0.6 is 0 Å². The van der Waals surface area contributed by atoms with Gasteiger partial charge in [0.1, 0.15) is 5.76 Å². The molecule has 7 heteroatoms. The topological polar surface area (TPSA) is 85.0 Å². The average molecular weight is 353 g/mol. The molecule has 7 nitrogen and oxygen atoms in total. The molecule has 1 saturated carbocycles. The lowest BCUT2D eigenvalue weighted by atomic mass is 9.95. The van der Waals surface area contributed by atoms with Crippen molar-refractivity contribution >= 4 is 28.4 Å². The number of nitrogens with one attached hydrogen (secondary N) is 2. The summed E-state index contributed by atoms with van der Waals surface area (Å²) in [6, 6.07) is 8.31. The van der Waals surface area contributed by atoms with Gasteiger partial charge in [-0.05, 0) is 38.0 Å². The van der Waals surface area contributed by atoms with Gasteiger partial charge >= 0.3 is 0 Å². The molecule has 0 saturated heterocycles. The van der Waals surface area contributed by atoms with Crippen LogP contribution < -0.4 is 10.6 Å². The molecule has 136 valence electrons. The smallest absolute Gasteiger partial charge is 0.244 e. The van der Waals surface area contributed by atoms with Crippen molar-refractivity contribution in [3.63, 3.8) is 0 Å². The average Bonchev–Trinajstić information content (AvgIpc) is 3.26. The van der Waals surface area contributed by atoms with E-state index in [0.29, 0.717) is 17.6 Å². The molecular formula is C19H23N5O2. The molecule has 0 spiro atoms. The number of anilines is 2. The van der Waals surface area contributed by atoms with E-state index in [-0.39, 0.29) is 12.5 Å². The van der Waals surface area contributed by atoms with E-state index in [0.717, 1.165) is 16.7 Å². The lowest BCUT2D eigenvalue weighted by Gasteiger charge is -2.23. The summed E-state index contributed by atoms with van der Waals surface area (Å²) in [5, 5.41) is 9.58. The number of benzene rings is 1. The molecule has 1 aromatic carbocycles. The summed E-state index contributed by atoms with van der Waals surface area (Å²) in [6.07, 6.45) is 8.34. The van der Waals surface area contributed by atoms with Crippen molar-refractivity contribution < 1.29 is 9.32 Å². The summed E-state index contributed by atoms with van der Waals surface area (Å²) in [7, 11) is 0. The van der Waals surface area contributed by atoms with E-state index in [4.69, 9.17) is 4.52 Å². The second-order valence-corrected chi connectivity index (χ2v) is 6.87. The first-order chi connectivity index (χ1) is 12.7. The van der Waals surface area contributed by atoms with E-state index in [2.05, 4.69) is 31.4 Å². The number of aromatic nitrogens is 3. The van der Waals surface area contributed by atoms with E-state index in [9.17, 15) is 4.79 Å². The minimum absolute atomic E-state index is 0.154. The third-order valence-corrected chi connectivity index (χ3v) is 4.89. The number of hydrogen-bond acceptors (Lipinski definition) is 5. The van der Waals surface area contributed by atoms with Crippen molar-refractivity contribution in [2.75, 3.05) is 17.2 Å². The zero-order valence-corrected chi connectivity index (χ0v) is 14.9. The van der Waals surface area contributed by atoms with Crippen molar-refractivity contribution in [3.8, 4) is 0 Å². The van der Waals surface area contributed by atoms with Crippen molar-refractivity contribution in [3.05, 3.63) is 36.4 Å². The number of amides is 1. The zero-order valence-electron chi connectivity index (χ0n) is 14.9. The van der Waals surface area contributed by atoms with Crippen LogP contribution in [0.2, 0.25) is 0 Å². The molecule has 2 N–H and O–H groups in total. The summed E-state index contributed by atoms with van der Waals surface area (Å²) in [5.74, 6) is 0.911. The fourth-order valence-corrected chi connectivity index (χ4v) is 3.59. The Morgan fingerprint density at radius 3 is 2.88 bits per heavy atom. The van der Waals surface area contributed by atoms with E-state index in [1.165, 1.54) is 32.1 Å². The van der Waals surface area contributed by atoms with Crippen molar-refractivity contribution in [2.45, 2.75) is 45.1 Å². The van der Waals surface area contributed by atoms with Crippen LogP contribution in [-0.2, 0) is 4.79 Å². The summed E-state index contributed by atoms with van der Waals surface area (Å²) < 4.78 is 7.24. The molecule has 0 bridgehead atoms. The third-order valence-electron chi connectivity index (χ3n) is 4.89. The van der Waals surface area contributed by atoms with E-state index in [1.54, 1.807) is 13.0 Å². The molecular weight excluding hydrogens is 330 g/mol. The SMILES string of the molecule is Cc1cc(NC(=O)CNc2ccc3c(c2)ncn3C2CCCCC2)no1. The van der Waals surface area contributed by atoms with Crippen molar-refractivity contribution in [2.24, 2.45) is 0 Å². The van der Waals surface area contributed by atoms with Crippen LogP contribution in [0, 0.1) is 6.92 Å². The van der Waals surface area contributed by atoms with Gasteiger partial charge in [-0.2, -0.15) is 0 Å². The molecule has 2 heterocycles. The Morgan fingerprint density at radius 2 is 2.12 bits per heavy atom. The number of carbonyl (C=O) groups excluding carboxylic acids is 1. The van der Waals surface area contributed by atoms with Gasteiger partial charge in [0.05, 0.1) is 23.9 Å². The Balaban J connectivity index is 1.40. The number of fused-ring (bicyclic) bond motifs is 1. The minimum Gasteiger partial charge on any atom is -0.376 e. The molecule has 2 aromatic heterocycles. The lowest BCUT2D eigenvalue weighted by Crippen LogP contribution is -2.21. The van der Waals surface area contributed by atoms with Gasteiger partial charge in [-0.3, -0.25) is 4.79 Å². The molecule has 26 heavy (non-hydrogen) atoms. The Labute approximate surface area is 151 Å². The maximum atomic E-state index is 12.0. The number of aryl methyl sites for hydroxylation is 1.